The zero-order valence-corrected chi connectivity index (χ0v) is 10.2. The fourth-order valence-electron chi connectivity index (χ4n) is 2.73. The van der Waals surface area contributed by atoms with Gasteiger partial charge in [0.1, 0.15) is 5.82 Å². The second-order valence-corrected chi connectivity index (χ2v) is 5.07. The number of rotatable bonds is 4. The van der Waals surface area contributed by atoms with Crippen molar-refractivity contribution in [3.63, 3.8) is 0 Å². The molecular formula is C14H18ClF. The topological polar surface area (TPSA) is 0 Å². The van der Waals surface area contributed by atoms with Gasteiger partial charge in [-0.15, -0.1) is 11.6 Å². The second-order valence-electron chi connectivity index (χ2n) is 4.76. The third kappa shape index (κ3) is 2.76. The van der Waals surface area contributed by atoms with Crippen molar-refractivity contribution in [2.45, 2.75) is 38.0 Å². The fourth-order valence-corrected chi connectivity index (χ4v) is 3.02. The predicted octanol–water partition coefficient (Wildman–Crippen LogP) is 4.73. The molecule has 2 heteroatoms. The molecule has 1 saturated carbocycles. The fraction of sp³-hybridized carbons (Fsp3) is 0.571. The molecule has 2 rings (SSSR count). The van der Waals surface area contributed by atoms with E-state index in [1.807, 2.05) is 12.1 Å². The molecule has 0 N–H and O–H groups in total. The van der Waals surface area contributed by atoms with Crippen LogP contribution in [-0.2, 0) is 0 Å². The first-order valence-corrected chi connectivity index (χ1v) is 6.65. The first-order chi connectivity index (χ1) is 7.81. The minimum atomic E-state index is -0.105. The van der Waals surface area contributed by atoms with E-state index < -0.39 is 0 Å². The van der Waals surface area contributed by atoms with Crippen LogP contribution in [0.15, 0.2) is 24.3 Å². The van der Waals surface area contributed by atoms with Gasteiger partial charge in [0.25, 0.3) is 0 Å². The molecule has 1 aromatic carbocycles. The SMILES string of the molecule is Fc1ccccc1C(CCl)CC1CCCC1. The van der Waals surface area contributed by atoms with Crippen molar-refractivity contribution in [3.8, 4) is 0 Å². The zero-order valence-electron chi connectivity index (χ0n) is 9.46. The summed E-state index contributed by atoms with van der Waals surface area (Å²) >= 11 is 5.99. The Bertz CT molecular complexity index is 331. The maximum atomic E-state index is 13.6. The summed E-state index contributed by atoms with van der Waals surface area (Å²) in [4.78, 5) is 0. The van der Waals surface area contributed by atoms with Gasteiger partial charge in [-0.1, -0.05) is 43.9 Å². The Kier molecular flexibility index (Phi) is 4.22. The lowest BCUT2D eigenvalue weighted by molar-refractivity contribution is 0.452. The number of benzene rings is 1. The van der Waals surface area contributed by atoms with Crippen LogP contribution in [0.1, 0.15) is 43.6 Å². The molecule has 1 fully saturated rings. The smallest absolute Gasteiger partial charge is 0.126 e. The third-order valence-corrected chi connectivity index (χ3v) is 4.00. The molecule has 0 saturated heterocycles. The van der Waals surface area contributed by atoms with Crippen LogP contribution in [0.5, 0.6) is 0 Å². The Balaban J connectivity index is 2.06. The van der Waals surface area contributed by atoms with Gasteiger partial charge in [-0.3, -0.25) is 0 Å². The number of halogens is 2. The van der Waals surface area contributed by atoms with Gasteiger partial charge in [-0.25, -0.2) is 4.39 Å². The lowest BCUT2D eigenvalue weighted by Gasteiger charge is -2.19. The Morgan fingerprint density at radius 2 is 1.94 bits per heavy atom. The number of alkyl halides is 1. The Labute approximate surface area is 102 Å². The van der Waals surface area contributed by atoms with E-state index in [0.717, 1.165) is 17.9 Å². The molecule has 0 heterocycles. The monoisotopic (exact) mass is 240 g/mol. The average Bonchev–Trinajstić information content (AvgIpc) is 2.80. The van der Waals surface area contributed by atoms with Crippen molar-refractivity contribution < 1.29 is 4.39 Å². The molecule has 1 aliphatic carbocycles. The summed E-state index contributed by atoms with van der Waals surface area (Å²) in [7, 11) is 0. The van der Waals surface area contributed by atoms with E-state index in [4.69, 9.17) is 11.6 Å². The highest BCUT2D eigenvalue weighted by molar-refractivity contribution is 6.18. The molecule has 0 radical (unpaired) electrons. The molecule has 16 heavy (non-hydrogen) atoms. The van der Waals surface area contributed by atoms with Crippen LogP contribution in [0.25, 0.3) is 0 Å². The van der Waals surface area contributed by atoms with Crippen LogP contribution in [0.2, 0.25) is 0 Å². The summed E-state index contributed by atoms with van der Waals surface area (Å²) < 4.78 is 13.6. The van der Waals surface area contributed by atoms with E-state index in [0.29, 0.717) is 5.88 Å². The first-order valence-electron chi connectivity index (χ1n) is 6.11. The minimum Gasteiger partial charge on any atom is -0.207 e. The van der Waals surface area contributed by atoms with Gasteiger partial charge in [0.05, 0.1) is 0 Å². The van der Waals surface area contributed by atoms with E-state index in [-0.39, 0.29) is 11.7 Å². The highest BCUT2D eigenvalue weighted by Gasteiger charge is 2.22. The molecule has 0 nitrogen and oxygen atoms in total. The number of hydrogen-bond acceptors (Lipinski definition) is 0. The van der Waals surface area contributed by atoms with Crippen molar-refractivity contribution >= 4 is 11.6 Å². The molecule has 0 aromatic heterocycles. The summed E-state index contributed by atoms with van der Waals surface area (Å²) in [5, 5.41) is 0. The molecule has 0 aliphatic heterocycles. The maximum absolute atomic E-state index is 13.6. The van der Waals surface area contributed by atoms with Crippen LogP contribution >= 0.6 is 11.6 Å². The van der Waals surface area contributed by atoms with Gasteiger partial charge in [0.15, 0.2) is 0 Å². The van der Waals surface area contributed by atoms with Gasteiger partial charge in [-0.2, -0.15) is 0 Å². The summed E-state index contributed by atoms with van der Waals surface area (Å²) in [6, 6.07) is 7.03. The molecule has 1 atom stereocenters. The van der Waals surface area contributed by atoms with Crippen LogP contribution in [0.3, 0.4) is 0 Å². The predicted molar refractivity (Wildman–Crippen MR) is 66.4 cm³/mol. The van der Waals surface area contributed by atoms with Crippen LogP contribution < -0.4 is 0 Å². The van der Waals surface area contributed by atoms with Crippen molar-refractivity contribution in [2.24, 2.45) is 5.92 Å². The van der Waals surface area contributed by atoms with Gasteiger partial charge in [0, 0.05) is 11.8 Å². The van der Waals surface area contributed by atoms with Crippen LogP contribution in [0, 0.1) is 11.7 Å². The van der Waals surface area contributed by atoms with E-state index in [1.54, 1.807) is 6.07 Å². The van der Waals surface area contributed by atoms with Crippen molar-refractivity contribution in [3.05, 3.63) is 35.6 Å². The Morgan fingerprint density at radius 1 is 1.25 bits per heavy atom. The second kappa shape index (κ2) is 5.67. The minimum absolute atomic E-state index is 0.105. The molecular weight excluding hydrogens is 223 g/mol. The lowest BCUT2D eigenvalue weighted by Crippen LogP contribution is -2.08. The normalized spacial score (nSPS) is 18.9. The lowest BCUT2D eigenvalue weighted by atomic mass is 9.89. The standard InChI is InChI=1S/C14H18ClF/c15-10-12(9-11-5-1-2-6-11)13-7-3-4-8-14(13)16/h3-4,7-8,11-12H,1-2,5-6,9-10H2. The van der Waals surface area contributed by atoms with E-state index >= 15 is 0 Å². The van der Waals surface area contributed by atoms with Gasteiger partial charge in [0.2, 0.25) is 0 Å². The molecule has 1 aromatic rings. The number of hydrogen-bond donors (Lipinski definition) is 0. The highest BCUT2D eigenvalue weighted by Crippen LogP contribution is 2.35. The van der Waals surface area contributed by atoms with Crippen molar-refractivity contribution in [1.82, 2.24) is 0 Å². The Hall–Kier alpha value is -0.560. The van der Waals surface area contributed by atoms with Crippen LogP contribution in [-0.4, -0.2) is 5.88 Å². The molecule has 1 aliphatic rings. The van der Waals surface area contributed by atoms with Crippen LogP contribution in [0.4, 0.5) is 4.39 Å². The summed E-state index contributed by atoms with van der Waals surface area (Å²) in [5.74, 6) is 1.36. The first kappa shape index (κ1) is 11.9. The third-order valence-electron chi connectivity index (χ3n) is 3.62. The van der Waals surface area contributed by atoms with E-state index in [2.05, 4.69) is 0 Å². The Morgan fingerprint density at radius 3 is 2.56 bits per heavy atom. The summed E-state index contributed by atoms with van der Waals surface area (Å²) in [5.41, 5.74) is 0.796. The molecule has 1 unspecified atom stereocenters. The molecule has 0 spiro atoms. The molecule has 88 valence electrons. The van der Waals surface area contributed by atoms with Gasteiger partial charge in [-0.05, 0) is 24.0 Å². The average molecular weight is 241 g/mol. The molecule has 0 bridgehead atoms. The van der Waals surface area contributed by atoms with E-state index in [1.165, 1.54) is 31.7 Å². The van der Waals surface area contributed by atoms with Crippen molar-refractivity contribution in [1.29, 1.82) is 0 Å². The zero-order chi connectivity index (χ0) is 11.4. The van der Waals surface area contributed by atoms with Gasteiger partial charge < -0.3 is 0 Å². The summed E-state index contributed by atoms with van der Waals surface area (Å²) in [6.45, 7) is 0. The molecule has 0 amide bonds. The van der Waals surface area contributed by atoms with Crippen molar-refractivity contribution in [2.75, 3.05) is 5.88 Å². The quantitative estimate of drug-likeness (QED) is 0.668. The van der Waals surface area contributed by atoms with E-state index in [9.17, 15) is 4.39 Å². The van der Waals surface area contributed by atoms with Gasteiger partial charge >= 0.3 is 0 Å². The maximum Gasteiger partial charge on any atom is 0.126 e. The largest absolute Gasteiger partial charge is 0.207 e. The summed E-state index contributed by atoms with van der Waals surface area (Å²) in [6.07, 6.45) is 6.29. The highest BCUT2D eigenvalue weighted by atomic mass is 35.5.